The molecule has 2 aromatic heterocycles. The molecule has 7 heteroatoms. The van der Waals surface area contributed by atoms with E-state index in [-0.39, 0.29) is 11.9 Å². The van der Waals surface area contributed by atoms with Crippen LogP contribution < -0.4 is 5.32 Å². The van der Waals surface area contributed by atoms with Gasteiger partial charge in [-0.2, -0.15) is 0 Å². The van der Waals surface area contributed by atoms with Crippen LogP contribution in [0.4, 0.5) is 5.13 Å². The number of pyridine rings is 1. The number of benzene rings is 1. The van der Waals surface area contributed by atoms with Gasteiger partial charge in [0, 0.05) is 11.4 Å². The largest absolute Gasteiger partial charge is 0.301 e. The number of thiazole rings is 1. The maximum Gasteiger partial charge on any atom is 0.243 e. The molecule has 0 radical (unpaired) electrons. The summed E-state index contributed by atoms with van der Waals surface area (Å²) in [4.78, 5) is 23.8. The zero-order valence-corrected chi connectivity index (χ0v) is 16.8. The number of carbonyl (C=O) groups excluding carboxylic acids is 1. The number of nitrogens with one attached hydrogen (secondary N) is 1. The Morgan fingerprint density at radius 1 is 1.22 bits per heavy atom. The highest BCUT2D eigenvalue weighted by atomic mass is 32.2. The summed E-state index contributed by atoms with van der Waals surface area (Å²) in [6.07, 6.45) is 3.98. The van der Waals surface area contributed by atoms with Crippen molar-refractivity contribution in [1.29, 1.82) is 0 Å². The van der Waals surface area contributed by atoms with Crippen molar-refractivity contribution in [3.05, 3.63) is 48.7 Å². The lowest BCUT2D eigenvalue weighted by Gasteiger charge is -2.34. The highest BCUT2D eigenvalue weighted by Crippen LogP contribution is 2.30. The molecule has 1 amide bonds. The lowest BCUT2D eigenvalue weighted by atomic mass is 10.1. The van der Waals surface area contributed by atoms with Crippen LogP contribution >= 0.6 is 23.1 Å². The fraction of sp³-hybridized carbons (Fsp3) is 0.350. The van der Waals surface area contributed by atoms with E-state index in [2.05, 4.69) is 26.3 Å². The zero-order valence-electron chi connectivity index (χ0n) is 15.2. The summed E-state index contributed by atoms with van der Waals surface area (Å²) in [5, 5.41) is 5.31. The first-order valence-electron chi connectivity index (χ1n) is 9.17. The summed E-state index contributed by atoms with van der Waals surface area (Å²) >= 11 is 3.36. The van der Waals surface area contributed by atoms with Crippen molar-refractivity contribution in [3.63, 3.8) is 0 Å². The molecule has 27 heavy (non-hydrogen) atoms. The van der Waals surface area contributed by atoms with Crippen molar-refractivity contribution in [2.45, 2.75) is 36.1 Å². The second-order valence-electron chi connectivity index (χ2n) is 6.67. The van der Waals surface area contributed by atoms with Crippen LogP contribution in [0.15, 0.2) is 53.7 Å². The summed E-state index contributed by atoms with van der Waals surface area (Å²) < 4.78 is 1.09. The number of nitrogens with zero attached hydrogens (tertiary/aromatic N) is 3. The Labute approximate surface area is 167 Å². The van der Waals surface area contributed by atoms with Crippen LogP contribution in [-0.2, 0) is 4.79 Å². The maximum atomic E-state index is 12.7. The number of hydrogen-bond donors (Lipinski definition) is 1. The van der Waals surface area contributed by atoms with Crippen LogP contribution in [0.1, 0.15) is 19.8 Å². The highest BCUT2D eigenvalue weighted by Gasteiger charge is 2.27. The summed E-state index contributed by atoms with van der Waals surface area (Å²) in [6, 6.07) is 13.8. The zero-order chi connectivity index (χ0) is 18.6. The number of amides is 1. The average Bonchev–Trinajstić information content (AvgIpc) is 3.11. The molecule has 3 aromatic rings. The fourth-order valence-corrected chi connectivity index (χ4v) is 5.21. The fourth-order valence-electron chi connectivity index (χ4n) is 3.27. The van der Waals surface area contributed by atoms with Crippen molar-refractivity contribution in [1.82, 2.24) is 14.9 Å². The van der Waals surface area contributed by atoms with Gasteiger partial charge in [-0.15, -0.1) is 11.8 Å². The molecule has 1 saturated heterocycles. The lowest BCUT2D eigenvalue weighted by molar-refractivity contribution is -0.121. The van der Waals surface area contributed by atoms with Crippen molar-refractivity contribution in [2.75, 3.05) is 18.4 Å². The number of hydrogen-bond acceptors (Lipinski definition) is 6. The Morgan fingerprint density at radius 3 is 2.74 bits per heavy atom. The molecule has 0 unspecified atom stereocenters. The van der Waals surface area contributed by atoms with Gasteiger partial charge in [-0.25, -0.2) is 9.97 Å². The smallest absolute Gasteiger partial charge is 0.243 e. The molecule has 1 aliphatic rings. The normalized spacial score (nSPS) is 17.1. The van der Waals surface area contributed by atoms with Gasteiger partial charge < -0.3 is 5.32 Å². The topological polar surface area (TPSA) is 58.1 Å². The third kappa shape index (κ3) is 4.48. The van der Waals surface area contributed by atoms with E-state index in [1.165, 1.54) is 11.3 Å². The number of carbonyl (C=O) groups is 1. The van der Waals surface area contributed by atoms with E-state index in [0.717, 1.165) is 41.2 Å². The molecular weight excluding hydrogens is 376 g/mol. The van der Waals surface area contributed by atoms with Gasteiger partial charge in [0.05, 0.1) is 21.3 Å². The van der Waals surface area contributed by atoms with Crippen LogP contribution in [0.2, 0.25) is 0 Å². The Hall–Kier alpha value is -1.96. The van der Waals surface area contributed by atoms with E-state index in [4.69, 9.17) is 0 Å². The Morgan fingerprint density at radius 2 is 2.00 bits per heavy atom. The van der Waals surface area contributed by atoms with E-state index < -0.39 is 0 Å². The molecule has 1 fully saturated rings. The number of fused-ring (bicyclic) bond motifs is 1. The van der Waals surface area contributed by atoms with Crippen LogP contribution in [0.3, 0.4) is 0 Å². The van der Waals surface area contributed by atoms with Gasteiger partial charge in [0.1, 0.15) is 0 Å². The maximum absolute atomic E-state index is 12.7. The van der Waals surface area contributed by atoms with Crippen molar-refractivity contribution >= 4 is 44.4 Å². The number of para-hydroxylation sites is 1. The second-order valence-corrected chi connectivity index (χ2v) is 9.02. The van der Waals surface area contributed by atoms with Gasteiger partial charge in [0.2, 0.25) is 5.91 Å². The first kappa shape index (κ1) is 18.4. The molecule has 0 spiro atoms. The molecule has 1 aliphatic heterocycles. The summed E-state index contributed by atoms with van der Waals surface area (Å²) in [5.41, 5.74) is 0.929. The van der Waals surface area contributed by atoms with E-state index in [0.29, 0.717) is 10.4 Å². The Kier molecular flexibility index (Phi) is 5.71. The van der Waals surface area contributed by atoms with Gasteiger partial charge in [0.15, 0.2) is 5.13 Å². The molecule has 1 aromatic carbocycles. The molecule has 1 atom stereocenters. The first-order chi connectivity index (χ1) is 13.2. The highest BCUT2D eigenvalue weighted by molar-refractivity contribution is 7.99. The van der Waals surface area contributed by atoms with Crippen molar-refractivity contribution in [3.8, 4) is 0 Å². The van der Waals surface area contributed by atoms with Gasteiger partial charge in [0.25, 0.3) is 0 Å². The van der Waals surface area contributed by atoms with Crippen molar-refractivity contribution < 1.29 is 4.79 Å². The molecule has 1 N–H and O–H groups in total. The van der Waals surface area contributed by atoms with Gasteiger partial charge in [-0.1, -0.05) is 29.5 Å². The predicted molar refractivity (Wildman–Crippen MR) is 112 cm³/mol. The SMILES string of the molecule is C[C@@H](C(=O)Nc1nc2ccccc2s1)N1CCC(Sc2ccccn2)CC1. The average molecular weight is 399 g/mol. The first-order valence-corrected chi connectivity index (χ1v) is 10.9. The molecule has 0 saturated carbocycles. The summed E-state index contributed by atoms with van der Waals surface area (Å²) in [6.45, 7) is 3.84. The van der Waals surface area contributed by atoms with E-state index in [1.54, 1.807) is 0 Å². The van der Waals surface area contributed by atoms with E-state index in [9.17, 15) is 4.79 Å². The standard InChI is InChI=1S/C20H22N4OS2/c1-14(19(25)23-20-22-16-6-2-3-7-17(16)27-20)24-12-9-15(10-13-24)26-18-8-4-5-11-21-18/h2-8,11,14-15H,9-10,12-13H2,1H3,(H,22,23,25)/t14-/m0/s1. The molecule has 140 valence electrons. The van der Waals surface area contributed by atoms with E-state index in [1.807, 2.05) is 61.3 Å². The number of piperidine rings is 1. The monoisotopic (exact) mass is 398 g/mol. The minimum absolute atomic E-state index is 0.0184. The van der Waals surface area contributed by atoms with Crippen molar-refractivity contribution in [2.24, 2.45) is 0 Å². The third-order valence-corrected chi connectivity index (χ3v) is 7.09. The number of likely N-dealkylation sites (tertiary alicyclic amines) is 1. The minimum atomic E-state index is -0.155. The number of aromatic nitrogens is 2. The molecule has 0 aliphatic carbocycles. The molecule has 4 rings (SSSR count). The lowest BCUT2D eigenvalue weighted by Crippen LogP contribution is -2.46. The molecular formula is C20H22N4OS2. The quantitative estimate of drug-likeness (QED) is 0.695. The summed E-state index contributed by atoms with van der Waals surface area (Å²) in [7, 11) is 0. The number of anilines is 1. The van der Waals surface area contributed by atoms with Gasteiger partial charge >= 0.3 is 0 Å². The van der Waals surface area contributed by atoms with Crippen LogP contribution in [-0.4, -0.2) is 45.2 Å². The van der Waals surface area contributed by atoms with Gasteiger partial charge in [-0.05, 0) is 57.1 Å². The van der Waals surface area contributed by atoms with Crippen LogP contribution in [0.5, 0.6) is 0 Å². The number of thioether (sulfide) groups is 1. The second kappa shape index (κ2) is 8.37. The predicted octanol–water partition coefficient (Wildman–Crippen LogP) is 4.28. The minimum Gasteiger partial charge on any atom is -0.301 e. The molecule has 5 nitrogen and oxygen atoms in total. The van der Waals surface area contributed by atoms with Crippen LogP contribution in [0, 0.1) is 0 Å². The third-order valence-electron chi connectivity index (χ3n) is 4.85. The molecule has 0 bridgehead atoms. The van der Waals surface area contributed by atoms with Gasteiger partial charge in [-0.3, -0.25) is 9.69 Å². The Balaban J connectivity index is 1.30. The van der Waals surface area contributed by atoms with E-state index >= 15 is 0 Å². The Bertz CT molecular complexity index is 874. The number of rotatable bonds is 5. The molecule has 3 heterocycles. The summed E-state index contributed by atoms with van der Waals surface area (Å²) in [5.74, 6) is 0.0184. The van der Waals surface area contributed by atoms with Crippen LogP contribution in [0.25, 0.3) is 10.2 Å².